The molecule has 0 atom stereocenters. The molecule has 3 rings (SSSR count). The molecule has 18 heavy (non-hydrogen) atoms. The smallest absolute Gasteiger partial charge is 0.161 e. The third-order valence-electron chi connectivity index (χ3n) is 3.14. The molecule has 0 bridgehead atoms. The fourth-order valence-corrected chi connectivity index (χ4v) is 2.24. The van der Waals surface area contributed by atoms with E-state index in [9.17, 15) is 4.79 Å². The highest BCUT2D eigenvalue weighted by Gasteiger charge is 2.09. The number of benzene rings is 1. The number of pyridine rings is 2. The number of aryl methyl sites for hydroxylation is 1. The van der Waals surface area contributed by atoms with E-state index in [1.165, 1.54) is 0 Å². The summed E-state index contributed by atoms with van der Waals surface area (Å²) in [5.74, 6) is 0.0443. The van der Waals surface area contributed by atoms with Gasteiger partial charge in [0.15, 0.2) is 5.78 Å². The first-order chi connectivity index (χ1) is 8.66. The molecular weight excluding hydrogens is 224 g/mol. The molecule has 3 nitrogen and oxygen atoms in total. The number of nitrogens with zero attached hydrogens (tertiary/aromatic N) is 2. The number of Topliss-reactive ketones (excluding diaryl/α,β-unsaturated/α-hetero) is 1. The van der Waals surface area contributed by atoms with Gasteiger partial charge in [-0.1, -0.05) is 18.2 Å². The summed E-state index contributed by atoms with van der Waals surface area (Å²) in [5.41, 5.74) is 3.19. The Morgan fingerprint density at radius 1 is 1.11 bits per heavy atom. The molecule has 0 fully saturated rings. The SMILES string of the molecule is CC(=O)c1cc2c(cnc3ccccc32)nc1C. The van der Waals surface area contributed by atoms with E-state index < -0.39 is 0 Å². The fourth-order valence-electron chi connectivity index (χ4n) is 2.24. The molecule has 0 aliphatic carbocycles. The molecule has 2 aromatic heterocycles. The third-order valence-corrected chi connectivity index (χ3v) is 3.14. The van der Waals surface area contributed by atoms with Crippen LogP contribution >= 0.6 is 0 Å². The van der Waals surface area contributed by atoms with Gasteiger partial charge in [-0.05, 0) is 26.0 Å². The van der Waals surface area contributed by atoms with Crippen molar-refractivity contribution in [1.29, 1.82) is 0 Å². The number of carbonyl (C=O) groups excluding carboxylic acids is 1. The predicted octanol–water partition coefficient (Wildman–Crippen LogP) is 3.29. The Bertz CT molecular complexity index is 778. The molecule has 0 radical (unpaired) electrons. The molecule has 0 unspecified atom stereocenters. The molecule has 0 saturated carbocycles. The largest absolute Gasteiger partial charge is 0.294 e. The highest BCUT2D eigenvalue weighted by atomic mass is 16.1. The first-order valence-electron chi connectivity index (χ1n) is 5.83. The third kappa shape index (κ3) is 1.56. The van der Waals surface area contributed by atoms with Crippen LogP contribution in [-0.2, 0) is 0 Å². The van der Waals surface area contributed by atoms with E-state index in [4.69, 9.17) is 0 Å². The predicted molar refractivity (Wildman–Crippen MR) is 71.8 cm³/mol. The molecule has 0 amide bonds. The lowest BCUT2D eigenvalue weighted by atomic mass is 10.0. The fraction of sp³-hybridized carbons (Fsp3) is 0.133. The maximum absolute atomic E-state index is 11.6. The van der Waals surface area contributed by atoms with Crippen LogP contribution in [0.25, 0.3) is 21.8 Å². The van der Waals surface area contributed by atoms with Gasteiger partial charge in [0.05, 0.1) is 17.2 Å². The van der Waals surface area contributed by atoms with Gasteiger partial charge in [0.25, 0.3) is 0 Å². The molecule has 3 aromatic rings. The zero-order valence-corrected chi connectivity index (χ0v) is 10.3. The van der Waals surface area contributed by atoms with Crippen molar-refractivity contribution in [2.75, 3.05) is 0 Å². The van der Waals surface area contributed by atoms with Crippen LogP contribution in [-0.4, -0.2) is 15.8 Å². The van der Waals surface area contributed by atoms with Gasteiger partial charge < -0.3 is 0 Å². The van der Waals surface area contributed by atoms with Gasteiger partial charge in [-0.2, -0.15) is 0 Å². The number of para-hydroxylation sites is 1. The molecule has 3 heteroatoms. The Kier molecular flexibility index (Phi) is 2.33. The molecule has 1 aromatic carbocycles. The number of hydrogen-bond acceptors (Lipinski definition) is 3. The van der Waals surface area contributed by atoms with Gasteiger partial charge >= 0.3 is 0 Å². The van der Waals surface area contributed by atoms with Crippen molar-refractivity contribution < 1.29 is 4.79 Å². The number of fused-ring (bicyclic) bond motifs is 3. The zero-order valence-electron chi connectivity index (χ0n) is 10.3. The topological polar surface area (TPSA) is 42.9 Å². The second-order valence-corrected chi connectivity index (χ2v) is 4.39. The molecule has 0 aliphatic rings. The quantitative estimate of drug-likeness (QED) is 0.481. The second kappa shape index (κ2) is 3.88. The Labute approximate surface area is 104 Å². The van der Waals surface area contributed by atoms with Gasteiger partial charge in [-0.15, -0.1) is 0 Å². The van der Waals surface area contributed by atoms with Crippen LogP contribution < -0.4 is 0 Å². The van der Waals surface area contributed by atoms with Crippen LogP contribution in [0.3, 0.4) is 0 Å². The zero-order chi connectivity index (χ0) is 12.7. The minimum absolute atomic E-state index is 0.0443. The second-order valence-electron chi connectivity index (χ2n) is 4.39. The summed E-state index contributed by atoms with van der Waals surface area (Å²) < 4.78 is 0. The molecule has 0 aliphatic heterocycles. The lowest BCUT2D eigenvalue weighted by Crippen LogP contribution is -1.99. The molecule has 0 saturated heterocycles. The van der Waals surface area contributed by atoms with Gasteiger partial charge in [0.1, 0.15) is 0 Å². The van der Waals surface area contributed by atoms with Crippen molar-refractivity contribution in [3.05, 3.63) is 47.8 Å². The van der Waals surface area contributed by atoms with Crippen molar-refractivity contribution in [2.24, 2.45) is 0 Å². The van der Waals surface area contributed by atoms with E-state index in [-0.39, 0.29) is 5.78 Å². The summed E-state index contributed by atoms with van der Waals surface area (Å²) in [4.78, 5) is 20.4. The molecular formula is C15H12N2O. The minimum atomic E-state index is 0.0443. The summed E-state index contributed by atoms with van der Waals surface area (Å²) in [5, 5.41) is 2.02. The van der Waals surface area contributed by atoms with Crippen LogP contribution in [0.1, 0.15) is 23.0 Å². The number of rotatable bonds is 1. The van der Waals surface area contributed by atoms with Crippen molar-refractivity contribution >= 4 is 27.6 Å². The summed E-state index contributed by atoms with van der Waals surface area (Å²) in [6.45, 7) is 3.42. The van der Waals surface area contributed by atoms with E-state index in [1.807, 2.05) is 37.3 Å². The first-order valence-corrected chi connectivity index (χ1v) is 5.83. The normalized spacial score (nSPS) is 11.0. The number of aromatic nitrogens is 2. The maximum atomic E-state index is 11.6. The Hall–Kier alpha value is -2.29. The maximum Gasteiger partial charge on any atom is 0.161 e. The molecule has 88 valence electrons. The highest BCUT2D eigenvalue weighted by molar-refractivity contribution is 6.07. The van der Waals surface area contributed by atoms with Crippen LogP contribution in [0.5, 0.6) is 0 Å². The summed E-state index contributed by atoms with van der Waals surface area (Å²) in [6, 6.07) is 9.81. The number of hydrogen-bond donors (Lipinski definition) is 0. The standard InChI is InChI=1S/C15H12N2O/c1-9-12(10(2)18)7-13-11-5-3-4-6-14(11)16-8-15(13)17-9/h3-8H,1-2H3. The van der Waals surface area contributed by atoms with Crippen molar-refractivity contribution in [2.45, 2.75) is 13.8 Å². The van der Waals surface area contributed by atoms with Gasteiger partial charge in [-0.3, -0.25) is 14.8 Å². The van der Waals surface area contributed by atoms with E-state index in [2.05, 4.69) is 9.97 Å². The average Bonchev–Trinajstić information content (AvgIpc) is 2.37. The monoisotopic (exact) mass is 236 g/mol. The lowest BCUT2D eigenvalue weighted by molar-refractivity contribution is 0.101. The van der Waals surface area contributed by atoms with Gasteiger partial charge in [-0.25, -0.2) is 0 Å². The Morgan fingerprint density at radius 3 is 2.67 bits per heavy atom. The van der Waals surface area contributed by atoms with Crippen LogP contribution in [0, 0.1) is 6.92 Å². The van der Waals surface area contributed by atoms with E-state index in [0.29, 0.717) is 5.56 Å². The van der Waals surface area contributed by atoms with Gasteiger partial charge in [0.2, 0.25) is 0 Å². The van der Waals surface area contributed by atoms with Crippen molar-refractivity contribution in [3.63, 3.8) is 0 Å². The average molecular weight is 236 g/mol. The number of ketones is 1. The van der Waals surface area contributed by atoms with Crippen molar-refractivity contribution in [3.8, 4) is 0 Å². The molecule has 2 heterocycles. The lowest BCUT2D eigenvalue weighted by Gasteiger charge is -2.06. The van der Waals surface area contributed by atoms with Crippen molar-refractivity contribution in [1.82, 2.24) is 9.97 Å². The van der Waals surface area contributed by atoms with Gasteiger partial charge in [0, 0.05) is 22.0 Å². The van der Waals surface area contributed by atoms with Crippen LogP contribution in [0.2, 0.25) is 0 Å². The number of carbonyl (C=O) groups is 1. The Balaban J connectivity index is 2.49. The minimum Gasteiger partial charge on any atom is -0.294 e. The summed E-state index contributed by atoms with van der Waals surface area (Å²) in [6.07, 6.45) is 1.76. The van der Waals surface area contributed by atoms with Crippen LogP contribution in [0.4, 0.5) is 0 Å². The van der Waals surface area contributed by atoms with E-state index in [1.54, 1.807) is 13.1 Å². The first kappa shape index (κ1) is 10.8. The summed E-state index contributed by atoms with van der Waals surface area (Å²) in [7, 11) is 0. The molecule has 0 N–H and O–H groups in total. The highest BCUT2D eigenvalue weighted by Crippen LogP contribution is 2.24. The van der Waals surface area contributed by atoms with Crippen LogP contribution in [0.15, 0.2) is 36.5 Å². The van der Waals surface area contributed by atoms with E-state index >= 15 is 0 Å². The Morgan fingerprint density at radius 2 is 1.89 bits per heavy atom. The molecule has 0 spiro atoms. The van der Waals surface area contributed by atoms with E-state index in [0.717, 1.165) is 27.5 Å². The summed E-state index contributed by atoms with van der Waals surface area (Å²) >= 11 is 0.